The summed E-state index contributed by atoms with van der Waals surface area (Å²) in [4.78, 5) is 0. The van der Waals surface area contributed by atoms with Crippen LogP contribution in [-0.4, -0.2) is 29.7 Å². The molecule has 0 saturated carbocycles. The normalized spacial score (nSPS) is 15.2. The number of hydrogen-bond donors (Lipinski definition) is 2. The van der Waals surface area contributed by atoms with E-state index in [2.05, 4.69) is 53.9 Å². The molecular formula is C12H32N2OSi2. The van der Waals surface area contributed by atoms with Crippen LogP contribution in [0.2, 0.25) is 36.3 Å². The topological polar surface area (TPSA) is 61.3 Å². The van der Waals surface area contributed by atoms with Gasteiger partial charge in [0, 0.05) is 0 Å². The summed E-state index contributed by atoms with van der Waals surface area (Å²) in [5.41, 5.74) is 11.8. The summed E-state index contributed by atoms with van der Waals surface area (Å²) in [6, 6.07) is 0. The summed E-state index contributed by atoms with van der Waals surface area (Å²) in [5.74, 6) is 0. The molecule has 0 saturated heterocycles. The van der Waals surface area contributed by atoms with Crippen molar-refractivity contribution in [1.29, 1.82) is 0 Å². The highest BCUT2D eigenvalue weighted by Gasteiger charge is 2.49. The second kappa shape index (κ2) is 5.13. The minimum absolute atomic E-state index is 0.0992. The molecule has 0 fully saturated rings. The van der Waals surface area contributed by atoms with Crippen LogP contribution in [0.4, 0.5) is 0 Å². The van der Waals surface area contributed by atoms with Crippen molar-refractivity contribution in [3.8, 4) is 0 Å². The predicted octanol–water partition coefficient (Wildman–Crippen LogP) is 2.89. The van der Waals surface area contributed by atoms with Crippen LogP contribution in [0.1, 0.15) is 27.7 Å². The van der Waals surface area contributed by atoms with Gasteiger partial charge in [-0.25, -0.2) is 0 Å². The van der Waals surface area contributed by atoms with Crippen molar-refractivity contribution in [2.24, 2.45) is 11.5 Å². The average molecular weight is 277 g/mol. The Morgan fingerprint density at radius 2 is 1.00 bits per heavy atom. The maximum atomic E-state index is 6.65. The van der Waals surface area contributed by atoms with Gasteiger partial charge in [-0.3, -0.25) is 0 Å². The molecule has 104 valence electrons. The molecular weight excluding hydrogens is 244 g/mol. The van der Waals surface area contributed by atoms with Crippen LogP contribution in [0, 0.1) is 0 Å². The van der Waals surface area contributed by atoms with Gasteiger partial charge in [-0.05, 0) is 49.4 Å². The first-order valence-corrected chi connectivity index (χ1v) is 12.2. The Kier molecular flexibility index (Phi) is 5.22. The summed E-state index contributed by atoms with van der Waals surface area (Å²) < 4.78 is 6.65. The number of rotatable bonds is 6. The molecule has 0 aliphatic heterocycles. The number of nitrogens with two attached hydrogens (primary N) is 2. The van der Waals surface area contributed by atoms with Crippen LogP contribution < -0.4 is 11.5 Å². The van der Waals surface area contributed by atoms with Gasteiger partial charge in [0.15, 0.2) is 16.6 Å². The van der Waals surface area contributed by atoms with Gasteiger partial charge in [-0.15, -0.1) is 0 Å². The van der Waals surface area contributed by atoms with Crippen molar-refractivity contribution in [2.75, 3.05) is 13.1 Å². The van der Waals surface area contributed by atoms with Gasteiger partial charge in [-0.1, -0.05) is 27.7 Å². The molecule has 0 rings (SSSR count). The van der Waals surface area contributed by atoms with Crippen molar-refractivity contribution in [2.45, 2.75) is 64.0 Å². The lowest BCUT2D eigenvalue weighted by molar-refractivity contribution is 0.434. The van der Waals surface area contributed by atoms with E-state index in [4.69, 9.17) is 15.6 Å². The fourth-order valence-corrected chi connectivity index (χ4v) is 9.70. The first kappa shape index (κ1) is 17.3. The lowest BCUT2D eigenvalue weighted by atomic mass is 10.2. The van der Waals surface area contributed by atoms with E-state index in [-0.39, 0.29) is 10.1 Å². The highest BCUT2D eigenvalue weighted by molar-refractivity contribution is 6.87. The first-order chi connectivity index (χ1) is 7.33. The molecule has 0 aromatic heterocycles. The van der Waals surface area contributed by atoms with Gasteiger partial charge in [0.25, 0.3) is 0 Å². The molecule has 0 aromatic carbocycles. The van der Waals surface area contributed by atoms with Gasteiger partial charge in [-0.2, -0.15) is 0 Å². The highest BCUT2D eigenvalue weighted by Crippen LogP contribution is 2.44. The molecule has 0 heterocycles. The fourth-order valence-electron chi connectivity index (χ4n) is 1.41. The molecule has 5 heteroatoms. The molecule has 0 bridgehead atoms. The molecule has 0 amide bonds. The van der Waals surface area contributed by atoms with Crippen molar-refractivity contribution >= 4 is 16.6 Å². The molecule has 0 unspecified atom stereocenters. The zero-order valence-electron chi connectivity index (χ0n) is 13.0. The predicted molar refractivity (Wildman–Crippen MR) is 82.2 cm³/mol. The average Bonchev–Trinajstić information content (AvgIpc) is 2.15. The van der Waals surface area contributed by atoms with E-state index in [1.165, 1.54) is 0 Å². The van der Waals surface area contributed by atoms with E-state index in [1.807, 2.05) is 0 Å². The fraction of sp³-hybridized carbons (Fsp3) is 1.00. The van der Waals surface area contributed by atoms with Crippen molar-refractivity contribution in [3.63, 3.8) is 0 Å². The van der Waals surface area contributed by atoms with Gasteiger partial charge < -0.3 is 15.6 Å². The minimum Gasteiger partial charge on any atom is -0.455 e. The quantitative estimate of drug-likeness (QED) is 0.733. The molecule has 0 aliphatic carbocycles. The Labute approximate surface area is 110 Å². The van der Waals surface area contributed by atoms with Crippen LogP contribution >= 0.6 is 0 Å². The third-order valence-electron chi connectivity index (χ3n) is 4.79. The SMILES string of the molecule is CC(C)(CN)[Si](C)(C)O[Si](C)(C)C(C)(C)CN. The molecule has 4 N–H and O–H groups in total. The molecule has 0 spiro atoms. The van der Waals surface area contributed by atoms with Gasteiger partial charge in [0.2, 0.25) is 0 Å². The first-order valence-electron chi connectivity index (χ1n) is 6.43. The Hall–Kier alpha value is 0.314. The Balaban J connectivity index is 5.07. The van der Waals surface area contributed by atoms with Crippen molar-refractivity contribution < 1.29 is 4.12 Å². The second-order valence-corrected chi connectivity index (χ2v) is 16.9. The molecule has 0 radical (unpaired) electrons. The van der Waals surface area contributed by atoms with Gasteiger partial charge >= 0.3 is 0 Å². The van der Waals surface area contributed by atoms with E-state index >= 15 is 0 Å². The smallest absolute Gasteiger partial charge is 0.180 e. The standard InChI is InChI=1S/C12H32N2OSi2/c1-11(2,9-13)16(5,6)15-17(7,8)12(3,4)10-14/h9-10,13-14H2,1-8H3. The Morgan fingerprint density at radius 1 is 0.765 bits per heavy atom. The largest absolute Gasteiger partial charge is 0.455 e. The Bertz CT molecular complexity index is 237. The summed E-state index contributed by atoms with van der Waals surface area (Å²) >= 11 is 0. The lowest BCUT2D eigenvalue weighted by Gasteiger charge is -2.48. The van der Waals surface area contributed by atoms with Crippen LogP contribution in [0.25, 0.3) is 0 Å². The minimum atomic E-state index is -1.81. The summed E-state index contributed by atoms with van der Waals surface area (Å²) in [5, 5.41) is 0.198. The lowest BCUT2D eigenvalue weighted by Crippen LogP contribution is -2.57. The zero-order valence-corrected chi connectivity index (χ0v) is 15.0. The summed E-state index contributed by atoms with van der Waals surface area (Å²) in [6.45, 7) is 19.4. The third kappa shape index (κ3) is 3.64. The number of hydrogen-bond acceptors (Lipinski definition) is 3. The van der Waals surface area contributed by atoms with Crippen LogP contribution in [0.3, 0.4) is 0 Å². The monoisotopic (exact) mass is 276 g/mol. The van der Waals surface area contributed by atoms with Crippen molar-refractivity contribution in [1.82, 2.24) is 0 Å². The third-order valence-corrected chi connectivity index (χ3v) is 15.8. The maximum Gasteiger partial charge on any atom is 0.180 e. The maximum absolute atomic E-state index is 6.65. The van der Waals surface area contributed by atoms with Gasteiger partial charge in [0.1, 0.15) is 0 Å². The second-order valence-electron chi connectivity index (χ2n) is 7.30. The van der Waals surface area contributed by atoms with Crippen LogP contribution in [-0.2, 0) is 4.12 Å². The van der Waals surface area contributed by atoms with Crippen LogP contribution in [0.5, 0.6) is 0 Å². The molecule has 0 aliphatic rings. The van der Waals surface area contributed by atoms with Gasteiger partial charge in [0.05, 0.1) is 0 Å². The molecule has 0 atom stereocenters. The van der Waals surface area contributed by atoms with E-state index < -0.39 is 16.6 Å². The molecule has 0 aromatic rings. The van der Waals surface area contributed by atoms with E-state index in [0.717, 1.165) is 0 Å². The molecule has 17 heavy (non-hydrogen) atoms. The van der Waals surface area contributed by atoms with E-state index in [1.54, 1.807) is 0 Å². The Morgan fingerprint density at radius 3 is 1.18 bits per heavy atom. The van der Waals surface area contributed by atoms with E-state index in [0.29, 0.717) is 13.1 Å². The summed E-state index contributed by atoms with van der Waals surface area (Å²) in [7, 11) is -3.62. The van der Waals surface area contributed by atoms with Crippen molar-refractivity contribution in [3.05, 3.63) is 0 Å². The van der Waals surface area contributed by atoms with E-state index in [9.17, 15) is 0 Å². The molecule has 3 nitrogen and oxygen atoms in total. The highest BCUT2D eigenvalue weighted by atomic mass is 28.4. The van der Waals surface area contributed by atoms with Crippen LogP contribution in [0.15, 0.2) is 0 Å². The summed E-state index contributed by atoms with van der Waals surface area (Å²) in [6.07, 6.45) is 0. The zero-order chi connectivity index (χ0) is 14.1.